The molecule has 1 aromatic carbocycles. The van der Waals surface area contributed by atoms with E-state index in [4.69, 9.17) is 16.3 Å². The highest BCUT2D eigenvalue weighted by atomic mass is 35.5. The first kappa shape index (κ1) is 15.8. The Kier molecular flexibility index (Phi) is 3.91. The van der Waals surface area contributed by atoms with Gasteiger partial charge in [0.1, 0.15) is 12.4 Å². The summed E-state index contributed by atoms with van der Waals surface area (Å²) in [5.74, 6) is -0.0850. The zero-order valence-electron chi connectivity index (χ0n) is 13.3. The molecule has 4 rings (SSSR count). The minimum Gasteiger partial charge on any atom is -0.492 e. The molecule has 1 amide bonds. The van der Waals surface area contributed by atoms with Crippen molar-refractivity contribution >= 4 is 23.5 Å². The van der Waals surface area contributed by atoms with Crippen molar-refractivity contribution in [3.8, 4) is 5.75 Å². The van der Waals surface area contributed by atoms with Gasteiger partial charge in [0.25, 0.3) is 0 Å². The van der Waals surface area contributed by atoms with Gasteiger partial charge in [-0.1, -0.05) is 11.6 Å². The number of nitrogens with zero attached hydrogens (tertiary/aromatic N) is 1. The second-order valence-electron chi connectivity index (χ2n) is 7.15. The molecule has 3 atom stereocenters. The number of carbonyl (C=O) groups excluding carboxylic acids is 1. The van der Waals surface area contributed by atoms with Crippen LogP contribution in [0.15, 0.2) is 18.2 Å². The predicted octanol–water partition coefficient (Wildman–Crippen LogP) is 2.46. The van der Waals surface area contributed by atoms with Gasteiger partial charge in [-0.25, -0.2) is 0 Å². The summed E-state index contributed by atoms with van der Waals surface area (Å²) in [6.07, 6.45) is 2.78. The molecule has 2 heterocycles. The van der Waals surface area contributed by atoms with Gasteiger partial charge in [0.15, 0.2) is 0 Å². The SMILES string of the molecule is O=C(O)[C@H]1CN(C(=O)C2COc3ccc(Cl)cc3C2)C[C@@H]1C1CC1. The van der Waals surface area contributed by atoms with Gasteiger partial charge in [-0.05, 0) is 54.9 Å². The molecule has 0 spiro atoms. The van der Waals surface area contributed by atoms with Crippen molar-refractivity contribution in [2.45, 2.75) is 19.3 Å². The zero-order valence-corrected chi connectivity index (χ0v) is 14.0. The Hall–Kier alpha value is -1.75. The Bertz CT molecular complexity index is 688. The van der Waals surface area contributed by atoms with Crippen molar-refractivity contribution < 1.29 is 19.4 Å². The van der Waals surface area contributed by atoms with Crippen LogP contribution in [0.4, 0.5) is 0 Å². The van der Waals surface area contributed by atoms with Crippen LogP contribution in [0.5, 0.6) is 5.75 Å². The molecule has 5 nitrogen and oxygen atoms in total. The summed E-state index contributed by atoms with van der Waals surface area (Å²) in [7, 11) is 0. The number of fused-ring (bicyclic) bond motifs is 1. The van der Waals surface area contributed by atoms with Gasteiger partial charge >= 0.3 is 5.97 Å². The van der Waals surface area contributed by atoms with Crippen LogP contribution in [0.1, 0.15) is 18.4 Å². The van der Waals surface area contributed by atoms with E-state index in [9.17, 15) is 14.7 Å². The smallest absolute Gasteiger partial charge is 0.308 e. The van der Waals surface area contributed by atoms with Gasteiger partial charge in [0, 0.05) is 18.1 Å². The molecule has 128 valence electrons. The van der Waals surface area contributed by atoms with E-state index in [0.717, 1.165) is 24.2 Å². The molecule has 1 aliphatic carbocycles. The van der Waals surface area contributed by atoms with E-state index in [1.807, 2.05) is 12.1 Å². The first-order valence-corrected chi connectivity index (χ1v) is 8.83. The van der Waals surface area contributed by atoms with Crippen molar-refractivity contribution in [1.29, 1.82) is 0 Å². The largest absolute Gasteiger partial charge is 0.492 e. The highest BCUT2D eigenvalue weighted by Crippen LogP contribution is 2.44. The molecule has 1 N–H and O–H groups in total. The molecule has 6 heteroatoms. The number of carbonyl (C=O) groups is 2. The maximum Gasteiger partial charge on any atom is 0.308 e. The minimum atomic E-state index is -0.778. The molecule has 3 aliphatic rings. The van der Waals surface area contributed by atoms with Crippen LogP contribution in [0, 0.1) is 23.7 Å². The second kappa shape index (κ2) is 5.96. The monoisotopic (exact) mass is 349 g/mol. The van der Waals surface area contributed by atoms with Gasteiger partial charge in [-0.2, -0.15) is 0 Å². The third-order valence-electron chi connectivity index (χ3n) is 5.50. The Labute approximate surface area is 145 Å². The number of likely N-dealkylation sites (tertiary alicyclic amines) is 1. The van der Waals surface area contributed by atoms with Gasteiger partial charge in [-0.15, -0.1) is 0 Å². The van der Waals surface area contributed by atoms with Crippen molar-refractivity contribution in [2.24, 2.45) is 23.7 Å². The van der Waals surface area contributed by atoms with Gasteiger partial charge < -0.3 is 14.7 Å². The summed E-state index contributed by atoms with van der Waals surface area (Å²) in [4.78, 5) is 26.1. The normalized spacial score (nSPS) is 29.0. The molecule has 1 saturated heterocycles. The van der Waals surface area contributed by atoms with Crippen LogP contribution >= 0.6 is 11.6 Å². The van der Waals surface area contributed by atoms with E-state index in [1.165, 1.54) is 0 Å². The van der Waals surface area contributed by atoms with Crippen LogP contribution < -0.4 is 4.74 Å². The predicted molar refractivity (Wildman–Crippen MR) is 88.1 cm³/mol. The molecule has 1 saturated carbocycles. The van der Waals surface area contributed by atoms with Crippen LogP contribution in [0.2, 0.25) is 5.02 Å². The standard InChI is InChI=1S/C18H20ClNO4/c19-13-3-4-16-11(6-13)5-12(9-24-16)17(21)20-7-14(10-1-2-10)15(8-20)18(22)23/h3-4,6,10,12,14-15H,1-2,5,7-9H2,(H,22,23)/t12?,14-,15+/m1/s1. The number of carboxylic acids is 1. The molecule has 1 unspecified atom stereocenters. The third kappa shape index (κ3) is 2.86. The number of carboxylic acid groups (broad SMARTS) is 1. The Balaban J connectivity index is 1.47. The average molecular weight is 350 g/mol. The molecular formula is C18H20ClNO4. The lowest BCUT2D eigenvalue weighted by Crippen LogP contribution is -2.40. The van der Waals surface area contributed by atoms with Crippen molar-refractivity contribution in [3.63, 3.8) is 0 Å². The third-order valence-corrected chi connectivity index (χ3v) is 5.73. The Morgan fingerprint density at radius 3 is 2.75 bits per heavy atom. The fraction of sp³-hybridized carbons (Fsp3) is 0.556. The highest BCUT2D eigenvalue weighted by molar-refractivity contribution is 6.30. The molecule has 2 fully saturated rings. The fourth-order valence-electron chi connectivity index (χ4n) is 4.05. The lowest BCUT2D eigenvalue weighted by Gasteiger charge is -2.28. The number of rotatable bonds is 3. The zero-order chi connectivity index (χ0) is 16.8. The van der Waals surface area contributed by atoms with E-state index >= 15 is 0 Å². The lowest BCUT2D eigenvalue weighted by atomic mass is 9.92. The van der Waals surface area contributed by atoms with Gasteiger partial charge in [-0.3, -0.25) is 9.59 Å². The van der Waals surface area contributed by atoms with Gasteiger partial charge in [0.05, 0.1) is 11.8 Å². The first-order valence-electron chi connectivity index (χ1n) is 8.45. The number of halogens is 1. The summed E-state index contributed by atoms with van der Waals surface area (Å²) in [5.41, 5.74) is 0.944. The van der Waals surface area contributed by atoms with Crippen molar-refractivity contribution in [3.05, 3.63) is 28.8 Å². The number of hydrogen-bond donors (Lipinski definition) is 1. The quantitative estimate of drug-likeness (QED) is 0.910. The molecule has 0 radical (unpaired) electrons. The molecule has 2 aliphatic heterocycles. The van der Waals surface area contributed by atoms with E-state index in [0.29, 0.717) is 37.1 Å². The first-order chi connectivity index (χ1) is 11.5. The number of benzene rings is 1. The van der Waals surface area contributed by atoms with Crippen LogP contribution in [0.3, 0.4) is 0 Å². The second-order valence-corrected chi connectivity index (χ2v) is 7.59. The van der Waals surface area contributed by atoms with Gasteiger partial charge in [0.2, 0.25) is 5.91 Å². The maximum absolute atomic E-state index is 12.9. The molecule has 24 heavy (non-hydrogen) atoms. The molecular weight excluding hydrogens is 330 g/mol. The molecule has 0 aromatic heterocycles. The van der Waals surface area contributed by atoms with Crippen molar-refractivity contribution in [1.82, 2.24) is 4.90 Å². The number of amides is 1. The number of aliphatic carboxylic acids is 1. The minimum absolute atomic E-state index is 0.00928. The molecule has 0 bridgehead atoms. The number of hydrogen-bond acceptors (Lipinski definition) is 3. The van der Waals surface area contributed by atoms with E-state index in [1.54, 1.807) is 11.0 Å². The number of ether oxygens (including phenoxy) is 1. The summed E-state index contributed by atoms with van der Waals surface area (Å²) >= 11 is 6.03. The summed E-state index contributed by atoms with van der Waals surface area (Å²) < 4.78 is 5.71. The Morgan fingerprint density at radius 1 is 1.25 bits per heavy atom. The topological polar surface area (TPSA) is 66.8 Å². The van der Waals surface area contributed by atoms with E-state index in [-0.39, 0.29) is 17.7 Å². The average Bonchev–Trinajstić information content (AvgIpc) is 3.31. The van der Waals surface area contributed by atoms with Crippen LogP contribution in [-0.2, 0) is 16.0 Å². The van der Waals surface area contributed by atoms with Crippen LogP contribution in [-0.4, -0.2) is 41.6 Å². The van der Waals surface area contributed by atoms with E-state index in [2.05, 4.69) is 0 Å². The van der Waals surface area contributed by atoms with Crippen LogP contribution in [0.25, 0.3) is 0 Å². The highest BCUT2D eigenvalue weighted by Gasteiger charge is 2.47. The molecule has 1 aromatic rings. The van der Waals surface area contributed by atoms with E-state index < -0.39 is 11.9 Å². The summed E-state index contributed by atoms with van der Waals surface area (Å²) in [6, 6.07) is 5.45. The fourth-order valence-corrected chi connectivity index (χ4v) is 4.25. The maximum atomic E-state index is 12.9. The summed E-state index contributed by atoms with van der Waals surface area (Å²) in [6.45, 7) is 1.24. The summed E-state index contributed by atoms with van der Waals surface area (Å²) in [5, 5.41) is 10.1. The lowest BCUT2D eigenvalue weighted by molar-refractivity contribution is -0.143. The van der Waals surface area contributed by atoms with Crippen molar-refractivity contribution in [2.75, 3.05) is 19.7 Å². The Morgan fingerprint density at radius 2 is 2.04 bits per heavy atom.